The first-order valence-electron chi connectivity index (χ1n) is 8.38. The molecule has 1 aromatic carbocycles. The number of hydrogen-bond acceptors (Lipinski definition) is 4. The minimum atomic E-state index is -1.86. The summed E-state index contributed by atoms with van der Waals surface area (Å²) in [7, 11) is -0.264. The van der Waals surface area contributed by atoms with Gasteiger partial charge in [-0.15, -0.1) is 6.58 Å². The van der Waals surface area contributed by atoms with E-state index in [1.54, 1.807) is 19.2 Å². The third-order valence-corrected chi connectivity index (χ3v) is 4.68. The molecule has 0 aliphatic carbocycles. The number of nitriles is 1. The van der Waals surface area contributed by atoms with Crippen LogP contribution in [-0.2, 0) is 18.0 Å². The van der Waals surface area contributed by atoms with Gasteiger partial charge in [0.05, 0.1) is 12.2 Å². The zero-order valence-electron chi connectivity index (χ0n) is 15.6. The SMILES string of the molecule is C=CCC(C)COc1c(S(N)=O)cn(C)c1C(=O)Nc1ccc(F)c(C#N)c1. The van der Waals surface area contributed by atoms with Crippen LogP contribution in [0.5, 0.6) is 5.75 Å². The summed E-state index contributed by atoms with van der Waals surface area (Å²) in [5.41, 5.74) is 0.163. The Morgan fingerprint density at radius 2 is 2.29 bits per heavy atom. The van der Waals surface area contributed by atoms with E-state index in [1.165, 1.54) is 22.9 Å². The Morgan fingerprint density at radius 3 is 2.89 bits per heavy atom. The van der Waals surface area contributed by atoms with Crippen LogP contribution >= 0.6 is 0 Å². The van der Waals surface area contributed by atoms with Crippen molar-refractivity contribution < 1.29 is 18.1 Å². The molecule has 7 nitrogen and oxygen atoms in total. The number of carbonyl (C=O) groups is 1. The van der Waals surface area contributed by atoms with Crippen molar-refractivity contribution in [3.8, 4) is 11.8 Å². The molecule has 0 saturated carbocycles. The van der Waals surface area contributed by atoms with E-state index in [4.69, 9.17) is 15.1 Å². The number of rotatable bonds is 8. The van der Waals surface area contributed by atoms with Gasteiger partial charge < -0.3 is 14.6 Å². The van der Waals surface area contributed by atoms with Gasteiger partial charge in [0.15, 0.2) is 11.4 Å². The highest BCUT2D eigenvalue weighted by atomic mass is 32.2. The lowest BCUT2D eigenvalue weighted by Crippen LogP contribution is -2.18. The fourth-order valence-electron chi connectivity index (χ4n) is 2.58. The molecule has 1 aromatic heterocycles. The molecule has 0 spiro atoms. The number of allylic oxidation sites excluding steroid dienone is 1. The molecule has 9 heteroatoms. The summed E-state index contributed by atoms with van der Waals surface area (Å²) >= 11 is 0. The van der Waals surface area contributed by atoms with Gasteiger partial charge in [-0.25, -0.2) is 13.7 Å². The van der Waals surface area contributed by atoms with Gasteiger partial charge in [-0.1, -0.05) is 13.0 Å². The molecule has 2 atom stereocenters. The topological polar surface area (TPSA) is 110 Å². The number of ether oxygens (including phenoxy) is 1. The van der Waals surface area contributed by atoms with Gasteiger partial charge in [0.2, 0.25) is 0 Å². The van der Waals surface area contributed by atoms with Crippen molar-refractivity contribution in [2.45, 2.75) is 18.2 Å². The highest BCUT2D eigenvalue weighted by molar-refractivity contribution is 7.82. The van der Waals surface area contributed by atoms with Gasteiger partial charge >= 0.3 is 0 Å². The first-order valence-corrected chi connectivity index (χ1v) is 9.60. The lowest BCUT2D eigenvalue weighted by Gasteiger charge is -2.14. The summed E-state index contributed by atoms with van der Waals surface area (Å²) in [6.07, 6.45) is 3.93. The third kappa shape index (κ3) is 4.85. The second-order valence-electron chi connectivity index (χ2n) is 6.28. The largest absolute Gasteiger partial charge is 0.489 e. The van der Waals surface area contributed by atoms with Gasteiger partial charge in [-0.05, 0) is 30.5 Å². The van der Waals surface area contributed by atoms with Crippen molar-refractivity contribution in [2.75, 3.05) is 11.9 Å². The van der Waals surface area contributed by atoms with Crippen molar-refractivity contribution >= 4 is 22.6 Å². The standard InChI is InChI=1S/C19H21FN4O3S/c1-4-5-12(2)11-27-18-16(28(22)26)10-24(3)17(18)19(25)23-14-6-7-15(20)13(8-14)9-21/h4,6-8,10,12H,1,5,11,22H2,2-3H3,(H,23,25). The van der Waals surface area contributed by atoms with E-state index in [-0.39, 0.29) is 40.1 Å². The smallest absolute Gasteiger partial charge is 0.276 e. The van der Waals surface area contributed by atoms with E-state index < -0.39 is 22.7 Å². The Bertz CT molecular complexity index is 965. The van der Waals surface area contributed by atoms with Crippen LogP contribution in [-0.4, -0.2) is 21.3 Å². The number of hydrogen-bond donors (Lipinski definition) is 2. The summed E-state index contributed by atoms with van der Waals surface area (Å²) in [5.74, 6) is -0.996. The summed E-state index contributed by atoms with van der Waals surface area (Å²) in [6, 6.07) is 5.37. The van der Waals surface area contributed by atoms with Gasteiger partial charge in [-0.3, -0.25) is 4.79 Å². The normalized spacial score (nSPS) is 12.7. The molecular weight excluding hydrogens is 383 g/mol. The quantitative estimate of drug-likeness (QED) is 0.659. The van der Waals surface area contributed by atoms with Crippen molar-refractivity contribution in [2.24, 2.45) is 18.1 Å². The fraction of sp³-hybridized carbons (Fsp3) is 0.263. The molecule has 28 heavy (non-hydrogen) atoms. The molecule has 2 unspecified atom stereocenters. The monoisotopic (exact) mass is 404 g/mol. The molecule has 2 aromatic rings. The highest BCUT2D eigenvalue weighted by Crippen LogP contribution is 2.29. The Labute approximate surface area is 165 Å². The maximum Gasteiger partial charge on any atom is 0.276 e. The maximum absolute atomic E-state index is 13.5. The molecule has 148 valence electrons. The van der Waals surface area contributed by atoms with Crippen LogP contribution in [0.25, 0.3) is 0 Å². The zero-order chi connectivity index (χ0) is 20.8. The first kappa shape index (κ1) is 21.3. The second-order valence-corrected chi connectivity index (χ2v) is 7.32. The maximum atomic E-state index is 13.5. The zero-order valence-corrected chi connectivity index (χ0v) is 16.4. The Morgan fingerprint density at radius 1 is 1.57 bits per heavy atom. The van der Waals surface area contributed by atoms with Gasteiger partial charge in [0.25, 0.3) is 5.91 Å². The summed E-state index contributed by atoms with van der Waals surface area (Å²) in [5, 5.41) is 17.0. The van der Waals surface area contributed by atoms with E-state index in [9.17, 15) is 13.4 Å². The van der Waals surface area contributed by atoms with Gasteiger partial charge in [0.1, 0.15) is 27.8 Å². The highest BCUT2D eigenvalue weighted by Gasteiger charge is 2.25. The van der Waals surface area contributed by atoms with Crippen LogP contribution in [0.4, 0.5) is 10.1 Å². The summed E-state index contributed by atoms with van der Waals surface area (Å²) in [6.45, 7) is 5.90. The predicted molar refractivity (Wildman–Crippen MR) is 105 cm³/mol. The molecule has 1 heterocycles. The number of carbonyl (C=O) groups excluding carboxylic acids is 1. The number of nitrogens with two attached hydrogens (primary N) is 1. The summed E-state index contributed by atoms with van der Waals surface area (Å²) in [4.78, 5) is 13.0. The van der Waals surface area contributed by atoms with E-state index in [1.807, 2.05) is 6.92 Å². The van der Waals surface area contributed by atoms with Crippen molar-refractivity contribution in [1.29, 1.82) is 5.26 Å². The lowest BCUT2D eigenvalue weighted by molar-refractivity contribution is 0.101. The number of halogens is 1. The van der Waals surface area contributed by atoms with E-state index >= 15 is 0 Å². The average Bonchev–Trinajstić information content (AvgIpc) is 2.98. The first-order chi connectivity index (χ1) is 13.3. The predicted octanol–water partition coefficient (Wildman–Crippen LogP) is 2.86. The number of nitrogens with one attached hydrogen (secondary N) is 1. The number of nitrogens with zero attached hydrogens (tertiary/aromatic N) is 2. The molecule has 0 bridgehead atoms. The molecule has 2 rings (SSSR count). The molecule has 0 saturated heterocycles. The minimum absolute atomic E-state index is 0.113. The molecule has 0 aliphatic heterocycles. The van der Waals surface area contributed by atoms with E-state index in [0.717, 1.165) is 6.07 Å². The third-order valence-electron chi connectivity index (χ3n) is 3.96. The average molecular weight is 404 g/mol. The molecule has 0 fully saturated rings. The van der Waals surface area contributed by atoms with Crippen LogP contribution in [0.15, 0.2) is 41.9 Å². The summed E-state index contributed by atoms with van der Waals surface area (Å²) < 4.78 is 32.6. The van der Waals surface area contributed by atoms with Crippen molar-refractivity contribution in [3.05, 3.63) is 54.1 Å². The molecular formula is C19H21FN4O3S. The van der Waals surface area contributed by atoms with Crippen LogP contribution in [0.3, 0.4) is 0 Å². The Hall–Kier alpha value is -2.96. The molecule has 1 amide bonds. The molecule has 3 N–H and O–H groups in total. The van der Waals surface area contributed by atoms with Crippen LogP contribution < -0.4 is 15.2 Å². The lowest BCUT2D eigenvalue weighted by atomic mass is 10.1. The Kier molecular flexibility index (Phi) is 7.09. The number of anilines is 1. The fourth-order valence-corrected chi connectivity index (χ4v) is 3.18. The van der Waals surface area contributed by atoms with Gasteiger partial charge in [-0.2, -0.15) is 5.26 Å². The number of benzene rings is 1. The van der Waals surface area contributed by atoms with E-state index in [0.29, 0.717) is 6.42 Å². The number of amides is 1. The van der Waals surface area contributed by atoms with Crippen LogP contribution in [0.2, 0.25) is 0 Å². The van der Waals surface area contributed by atoms with Crippen LogP contribution in [0.1, 0.15) is 29.4 Å². The molecule has 0 aliphatic rings. The molecule has 0 radical (unpaired) electrons. The number of aryl methyl sites for hydroxylation is 1. The minimum Gasteiger partial charge on any atom is -0.489 e. The number of aromatic nitrogens is 1. The second kappa shape index (κ2) is 9.30. The van der Waals surface area contributed by atoms with Gasteiger partial charge in [0, 0.05) is 18.9 Å². The van der Waals surface area contributed by atoms with E-state index in [2.05, 4.69) is 11.9 Å². The van der Waals surface area contributed by atoms with Crippen molar-refractivity contribution in [3.63, 3.8) is 0 Å². The Balaban J connectivity index is 2.35. The van der Waals surface area contributed by atoms with Crippen molar-refractivity contribution in [1.82, 2.24) is 4.57 Å². The van der Waals surface area contributed by atoms with Crippen LogP contribution in [0, 0.1) is 23.1 Å².